The monoisotopic (exact) mass is 294 g/mol. The van der Waals surface area contributed by atoms with E-state index in [0.717, 1.165) is 15.8 Å². The van der Waals surface area contributed by atoms with Crippen LogP contribution in [0.15, 0.2) is 45.7 Å². The van der Waals surface area contributed by atoms with Crippen LogP contribution in [0, 0.1) is 0 Å². The molecule has 2 rings (SSSR count). The molecule has 0 aliphatic rings. The Labute approximate surface area is 108 Å². The van der Waals surface area contributed by atoms with Gasteiger partial charge in [-0.1, -0.05) is 15.9 Å². The third-order valence-corrected chi connectivity index (χ3v) is 3.22. The standard InChI is InChI=1S/C13H11BrO3/c1-16-11-2-3-12(14)10(6-11)7-13(15)9-4-5-17-8-9/h2-6,8H,7H2,1H3. The lowest BCUT2D eigenvalue weighted by molar-refractivity contribution is 0.0992. The van der Waals surface area contributed by atoms with Crippen molar-refractivity contribution in [2.75, 3.05) is 7.11 Å². The molecule has 0 radical (unpaired) electrons. The Morgan fingerprint density at radius 2 is 2.24 bits per heavy atom. The topological polar surface area (TPSA) is 39.4 Å². The summed E-state index contributed by atoms with van der Waals surface area (Å²) in [5.41, 5.74) is 1.48. The van der Waals surface area contributed by atoms with Crippen molar-refractivity contribution >= 4 is 21.7 Å². The van der Waals surface area contributed by atoms with Gasteiger partial charge in [0, 0.05) is 10.9 Å². The zero-order chi connectivity index (χ0) is 12.3. The quantitative estimate of drug-likeness (QED) is 0.811. The predicted octanol–water partition coefficient (Wildman–Crippen LogP) is 3.48. The first kappa shape index (κ1) is 11.9. The van der Waals surface area contributed by atoms with Crippen molar-refractivity contribution in [1.29, 1.82) is 0 Å². The first-order chi connectivity index (χ1) is 8.20. The Kier molecular flexibility index (Phi) is 3.64. The van der Waals surface area contributed by atoms with Gasteiger partial charge in [-0.3, -0.25) is 4.79 Å². The normalized spacial score (nSPS) is 10.2. The Bertz CT molecular complexity index is 517. The van der Waals surface area contributed by atoms with E-state index in [9.17, 15) is 4.79 Å². The molecule has 0 aliphatic heterocycles. The highest BCUT2D eigenvalue weighted by Gasteiger charge is 2.11. The fraction of sp³-hybridized carbons (Fsp3) is 0.154. The van der Waals surface area contributed by atoms with Crippen LogP contribution in [0.5, 0.6) is 5.75 Å². The van der Waals surface area contributed by atoms with E-state index in [4.69, 9.17) is 9.15 Å². The van der Waals surface area contributed by atoms with Gasteiger partial charge in [-0.05, 0) is 29.8 Å². The average Bonchev–Trinajstić information content (AvgIpc) is 2.85. The average molecular weight is 295 g/mol. The molecule has 0 bridgehead atoms. The zero-order valence-corrected chi connectivity index (χ0v) is 10.9. The number of benzene rings is 1. The van der Waals surface area contributed by atoms with Crippen molar-refractivity contribution in [2.24, 2.45) is 0 Å². The molecule has 4 heteroatoms. The molecule has 0 saturated carbocycles. The van der Waals surface area contributed by atoms with Crippen LogP contribution in [0.1, 0.15) is 15.9 Å². The van der Waals surface area contributed by atoms with E-state index in [0.29, 0.717) is 12.0 Å². The Balaban J connectivity index is 2.21. The van der Waals surface area contributed by atoms with Gasteiger partial charge in [-0.15, -0.1) is 0 Å². The number of carbonyl (C=O) groups is 1. The van der Waals surface area contributed by atoms with Crippen molar-refractivity contribution in [1.82, 2.24) is 0 Å². The molecule has 17 heavy (non-hydrogen) atoms. The number of ether oxygens (including phenoxy) is 1. The summed E-state index contributed by atoms with van der Waals surface area (Å²) in [6, 6.07) is 7.23. The molecule has 3 nitrogen and oxygen atoms in total. The summed E-state index contributed by atoms with van der Waals surface area (Å²) in [4.78, 5) is 11.9. The molecule has 0 amide bonds. The van der Waals surface area contributed by atoms with E-state index in [1.54, 1.807) is 13.2 Å². The van der Waals surface area contributed by atoms with Crippen molar-refractivity contribution in [3.8, 4) is 5.75 Å². The predicted molar refractivity (Wildman–Crippen MR) is 67.4 cm³/mol. The molecule has 0 fully saturated rings. The van der Waals surface area contributed by atoms with E-state index in [1.807, 2.05) is 18.2 Å². The fourth-order valence-electron chi connectivity index (χ4n) is 1.51. The van der Waals surface area contributed by atoms with Crippen molar-refractivity contribution in [3.63, 3.8) is 0 Å². The highest BCUT2D eigenvalue weighted by atomic mass is 79.9. The minimum absolute atomic E-state index is 0.0210. The van der Waals surface area contributed by atoms with Gasteiger partial charge in [0.1, 0.15) is 12.0 Å². The second kappa shape index (κ2) is 5.19. The first-order valence-corrected chi connectivity index (χ1v) is 5.88. The smallest absolute Gasteiger partial charge is 0.170 e. The van der Waals surface area contributed by atoms with Crippen molar-refractivity contribution in [3.05, 3.63) is 52.4 Å². The summed E-state index contributed by atoms with van der Waals surface area (Å²) < 4.78 is 10.9. The van der Waals surface area contributed by atoms with Gasteiger partial charge in [0.15, 0.2) is 5.78 Å². The number of ketones is 1. The van der Waals surface area contributed by atoms with Crippen LogP contribution in [0.3, 0.4) is 0 Å². The van der Waals surface area contributed by atoms with E-state index in [-0.39, 0.29) is 5.78 Å². The van der Waals surface area contributed by atoms with Gasteiger partial charge >= 0.3 is 0 Å². The second-order valence-electron chi connectivity index (χ2n) is 3.57. The summed E-state index contributed by atoms with van der Waals surface area (Å²) >= 11 is 3.42. The molecule has 2 aromatic rings. The minimum atomic E-state index is 0.0210. The van der Waals surface area contributed by atoms with Gasteiger partial charge in [-0.25, -0.2) is 0 Å². The van der Waals surface area contributed by atoms with Crippen LogP contribution in [0.4, 0.5) is 0 Å². The largest absolute Gasteiger partial charge is 0.497 e. The summed E-state index contributed by atoms with van der Waals surface area (Å²) in [5.74, 6) is 0.760. The molecular formula is C13H11BrO3. The Morgan fingerprint density at radius 1 is 1.41 bits per heavy atom. The van der Waals surface area contributed by atoms with Gasteiger partial charge in [0.25, 0.3) is 0 Å². The number of hydrogen-bond acceptors (Lipinski definition) is 3. The molecule has 0 spiro atoms. The van der Waals surface area contributed by atoms with Crippen LogP contribution in [-0.4, -0.2) is 12.9 Å². The Hall–Kier alpha value is -1.55. The number of Topliss-reactive ketones (excluding diaryl/α,β-unsaturated/α-hetero) is 1. The molecule has 0 N–H and O–H groups in total. The minimum Gasteiger partial charge on any atom is -0.497 e. The van der Waals surface area contributed by atoms with Crippen LogP contribution in [0.25, 0.3) is 0 Å². The number of rotatable bonds is 4. The summed E-state index contributed by atoms with van der Waals surface area (Å²) in [5, 5.41) is 0. The molecule has 1 aromatic heterocycles. The number of carbonyl (C=O) groups excluding carboxylic acids is 1. The fourth-order valence-corrected chi connectivity index (χ4v) is 1.90. The number of methoxy groups -OCH3 is 1. The molecular weight excluding hydrogens is 284 g/mol. The molecule has 0 saturated heterocycles. The van der Waals surface area contributed by atoms with Gasteiger partial charge in [0.2, 0.25) is 0 Å². The van der Waals surface area contributed by atoms with E-state index in [2.05, 4.69) is 15.9 Å². The number of halogens is 1. The second-order valence-corrected chi connectivity index (χ2v) is 4.42. The van der Waals surface area contributed by atoms with Crippen molar-refractivity contribution < 1.29 is 13.9 Å². The maximum atomic E-state index is 11.9. The SMILES string of the molecule is COc1ccc(Br)c(CC(=O)c2ccoc2)c1. The van der Waals surface area contributed by atoms with Crippen LogP contribution < -0.4 is 4.74 Å². The van der Waals surface area contributed by atoms with E-state index >= 15 is 0 Å². The molecule has 1 heterocycles. The number of furan rings is 1. The molecule has 0 atom stereocenters. The summed E-state index contributed by atoms with van der Waals surface area (Å²) in [6.45, 7) is 0. The van der Waals surface area contributed by atoms with E-state index in [1.165, 1.54) is 12.5 Å². The van der Waals surface area contributed by atoms with E-state index < -0.39 is 0 Å². The molecule has 1 aromatic carbocycles. The van der Waals surface area contributed by atoms with Crippen LogP contribution >= 0.6 is 15.9 Å². The van der Waals surface area contributed by atoms with Gasteiger partial charge in [0.05, 0.1) is 18.9 Å². The van der Waals surface area contributed by atoms with Crippen LogP contribution in [0.2, 0.25) is 0 Å². The highest BCUT2D eigenvalue weighted by Crippen LogP contribution is 2.23. The molecule has 88 valence electrons. The Morgan fingerprint density at radius 3 is 2.88 bits per heavy atom. The van der Waals surface area contributed by atoms with Crippen molar-refractivity contribution in [2.45, 2.75) is 6.42 Å². The maximum absolute atomic E-state index is 11.9. The molecule has 0 aliphatic carbocycles. The lowest BCUT2D eigenvalue weighted by Crippen LogP contribution is -2.03. The van der Waals surface area contributed by atoms with Crippen LogP contribution in [-0.2, 0) is 6.42 Å². The lowest BCUT2D eigenvalue weighted by atomic mass is 10.1. The summed E-state index contributed by atoms with van der Waals surface area (Å²) in [6.07, 6.45) is 3.27. The maximum Gasteiger partial charge on any atom is 0.170 e. The highest BCUT2D eigenvalue weighted by molar-refractivity contribution is 9.10. The van der Waals surface area contributed by atoms with Gasteiger partial charge < -0.3 is 9.15 Å². The molecule has 0 unspecified atom stereocenters. The third kappa shape index (κ3) is 2.77. The zero-order valence-electron chi connectivity index (χ0n) is 9.27. The first-order valence-electron chi connectivity index (χ1n) is 5.08. The lowest BCUT2D eigenvalue weighted by Gasteiger charge is -2.06. The third-order valence-electron chi connectivity index (χ3n) is 2.45. The number of hydrogen-bond donors (Lipinski definition) is 0. The summed E-state index contributed by atoms with van der Waals surface area (Å²) in [7, 11) is 1.60. The van der Waals surface area contributed by atoms with Gasteiger partial charge in [-0.2, -0.15) is 0 Å².